The molecule has 1 aromatic heterocycles. The van der Waals surface area contributed by atoms with Gasteiger partial charge in [0.2, 0.25) is 5.43 Å². The van der Waals surface area contributed by atoms with Crippen LogP contribution in [0, 0.1) is 18.2 Å². The average Bonchev–Trinajstić information content (AvgIpc) is 2.51. The van der Waals surface area contributed by atoms with Crippen molar-refractivity contribution >= 4 is 16.9 Å². The van der Waals surface area contributed by atoms with Crippen molar-refractivity contribution < 1.29 is 19.0 Å². The van der Waals surface area contributed by atoms with Gasteiger partial charge in [-0.05, 0) is 37.0 Å². The Bertz CT molecular complexity index is 864. The van der Waals surface area contributed by atoms with Crippen molar-refractivity contribution in [3.63, 3.8) is 0 Å². The number of fused-ring (bicyclic) bond motifs is 1. The second kappa shape index (κ2) is 6.96. The summed E-state index contributed by atoms with van der Waals surface area (Å²) in [4.78, 5) is 24.9. The van der Waals surface area contributed by atoms with Crippen molar-refractivity contribution in [2.75, 3.05) is 13.2 Å². The molecular formula is C19H24FNO4. The van der Waals surface area contributed by atoms with Crippen LogP contribution in [0.2, 0.25) is 0 Å². The first-order valence-corrected chi connectivity index (χ1v) is 8.24. The van der Waals surface area contributed by atoms with Crippen molar-refractivity contribution in [2.45, 2.75) is 40.7 Å². The summed E-state index contributed by atoms with van der Waals surface area (Å²) in [5.74, 6) is -1.18. The zero-order valence-electron chi connectivity index (χ0n) is 15.2. The Morgan fingerprint density at radius 2 is 2.00 bits per heavy atom. The number of aliphatic hydroxyl groups is 1. The minimum absolute atomic E-state index is 0.122. The normalized spacial score (nSPS) is 13.1. The Balaban J connectivity index is 2.91. The van der Waals surface area contributed by atoms with Gasteiger partial charge in [0.15, 0.2) is 0 Å². The van der Waals surface area contributed by atoms with E-state index in [1.807, 2.05) is 20.8 Å². The molecule has 0 amide bonds. The molecule has 136 valence electrons. The third-order valence-corrected chi connectivity index (χ3v) is 4.32. The molecule has 6 heteroatoms. The van der Waals surface area contributed by atoms with Gasteiger partial charge in [0.25, 0.3) is 0 Å². The fraction of sp³-hybridized carbons (Fsp3) is 0.474. The van der Waals surface area contributed by atoms with E-state index in [0.29, 0.717) is 11.1 Å². The number of aliphatic hydroxyl groups excluding tert-OH is 1. The molecule has 0 spiro atoms. The van der Waals surface area contributed by atoms with Gasteiger partial charge in [0.1, 0.15) is 11.4 Å². The lowest BCUT2D eigenvalue weighted by atomic mass is 9.86. The summed E-state index contributed by atoms with van der Waals surface area (Å²) in [6.45, 7) is 8.90. The number of pyridine rings is 1. The molecule has 5 nitrogen and oxygen atoms in total. The standard InChI is InChI=1S/C19H24FNO4/c1-6-25-18(24)13-9-21(16(10-22)19(3,4)5)15-8-14(20)11(2)7-12(15)17(13)23/h7-9,16,22H,6,10H2,1-5H3. The highest BCUT2D eigenvalue weighted by Gasteiger charge is 2.28. The third-order valence-electron chi connectivity index (χ3n) is 4.32. The van der Waals surface area contributed by atoms with Crippen molar-refractivity contribution in [3.05, 3.63) is 45.5 Å². The number of esters is 1. The lowest BCUT2D eigenvalue weighted by Crippen LogP contribution is -2.31. The van der Waals surface area contributed by atoms with E-state index in [9.17, 15) is 19.1 Å². The summed E-state index contributed by atoms with van der Waals surface area (Å²) in [5, 5.41) is 10.1. The van der Waals surface area contributed by atoms with Crippen molar-refractivity contribution in [3.8, 4) is 0 Å². The maximum atomic E-state index is 14.1. The van der Waals surface area contributed by atoms with Gasteiger partial charge in [-0.15, -0.1) is 0 Å². The Kier molecular flexibility index (Phi) is 5.32. The van der Waals surface area contributed by atoms with Gasteiger partial charge in [0, 0.05) is 11.6 Å². The summed E-state index contributed by atoms with van der Waals surface area (Å²) in [7, 11) is 0. The Labute approximate surface area is 146 Å². The Hall–Kier alpha value is -2.21. The largest absolute Gasteiger partial charge is 0.462 e. The van der Waals surface area contributed by atoms with E-state index in [4.69, 9.17) is 4.74 Å². The predicted molar refractivity (Wildman–Crippen MR) is 94.4 cm³/mol. The van der Waals surface area contributed by atoms with Crippen LogP contribution in [0.25, 0.3) is 10.9 Å². The Morgan fingerprint density at radius 1 is 1.36 bits per heavy atom. The van der Waals surface area contributed by atoms with Gasteiger partial charge in [-0.25, -0.2) is 9.18 Å². The van der Waals surface area contributed by atoms with Crippen LogP contribution in [0.15, 0.2) is 23.1 Å². The quantitative estimate of drug-likeness (QED) is 0.861. The molecule has 0 radical (unpaired) electrons. The molecule has 1 heterocycles. The number of benzene rings is 1. The van der Waals surface area contributed by atoms with E-state index in [0.717, 1.165) is 0 Å². The fourth-order valence-electron chi connectivity index (χ4n) is 2.87. The zero-order chi connectivity index (χ0) is 18.9. The van der Waals surface area contributed by atoms with Crippen LogP contribution in [0.4, 0.5) is 4.39 Å². The Morgan fingerprint density at radius 3 is 2.52 bits per heavy atom. The summed E-state index contributed by atoms with van der Waals surface area (Å²) in [6.07, 6.45) is 1.36. The van der Waals surface area contributed by atoms with E-state index in [2.05, 4.69) is 0 Å². The van der Waals surface area contributed by atoms with Crippen LogP contribution in [0.5, 0.6) is 0 Å². The highest BCUT2D eigenvalue weighted by molar-refractivity contribution is 5.94. The molecular weight excluding hydrogens is 325 g/mol. The number of nitrogens with zero attached hydrogens (tertiary/aromatic N) is 1. The number of ether oxygens (including phenoxy) is 1. The summed E-state index contributed by atoms with van der Waals surface area (Å²) >= 11 is 0. The maximum Gasteiger partial charge on any atom is 0.343 e. The molecule has 1 N–H and O–H groups in total. The van der Waals surface area contributed by atoms with Crippen molar-refractivity contribution in [1.29, 1.82) is 0 Å². The molecule has 0 saturated heterocycles. The number of hydrogen-bond acceptors (Lipinski definition) is 4. The van der Waals surface area contributed by atoms with Crippen LogP contribution < -0.4 is 5.43 Å². The molecule has 0 bridgehead atoms. The van der Waals surface area contributed by atoms with Crippen LogP contribution in [-0.4, -0.2) is 28.9 Å². The predicted octanol–water partition coefficient (Wildman–Crippen LogP) is 3.21. The van der Waals surface area contributed by atoms with Crippen LogP contribution >= 0.6 is 0 Å². The van der Waals surface area contributed by atoms with Gasteiger partial charge >= 0.3 is 5.97 Å². The first-order valence-electron chi connectivity index (χ1n) is 8.24. The van der Waals surface area contributed by atoms with E-state index in [1.54, 1.807) is 18.4 Å². The smallest absolute Gasteiger partial charge is 0.343 e. The van der Waals surface area contributed by atoms with E-state index >= 15 is 0 Å². The van der Waals surface area contributed by atoms with E-state index in [1.165, 1.54) is 18.3 Å². The number of aryl methyl sites for hydroxylation is 1. The monoisotopic (exact) mass is 349 g/mol. The molecule has 1 unspecified atom stereocenters. The lowest BCUT2D eigenvalue weighted by molar-refractivity contribution is 0.0522. The molecule has 0 aliphatic rings. The number of halogens is 1. The van der Waals surface area contributed by atoms with E-state index < -0.39 is 23.3 Å². The molecule has 25 heavy (non-hydrogen) atoms. The fourth-order valence-corrected chi connectivity index (χ4v) is 2.87. The van der Waals surface area contributed by atoms with Gasteiger partial charge in [-0.3, -0.25) is 4.79 Å². The van der Waals surface area contributed by atoms with Gasteiger partial charge in [-0.2, -0.15) is 0 Å². The second-order valence-electron chi connectivity index (χ2n) is 7.18. The van der Waals surface area contributed by atoms with Crippen molar-refractivity contribution in [2.24, 2.45) is 5.41 Å². The average molecular weight is 349 g/mol. The SMILES string of the molecule is CCOC(=O)c1cn(C(CO)C(C)(C)C)c2cc(F)c(C)cc2c1=O. The lowest BCUT2D eigenvalue weighted by Gasteiger charge is -2.33. The third kappa shape index (κ3) is 3.58. The second-order valence-corrected chi connectivity index (χ2v) is 7.18. The number of rotatable bonds is 4. The molecule has 0 aliphatic carbocycles. The number of hydrogen-bond donors (Lipinski definition) is 1. The van der Waals surface area contributed by atoms with Crippen molar-refractivity contribution in [1.82, 2.24) is 4.57 Å². The summed E-state index contributed by atoms with van der Waals surface area (Å²) in [5.41, 5.74) is -0.352. The highest BCUT2D eigenvalue weighted by atomic mass is 19.1. The molecule has 0 fully saturated rings. The highest BCUT2D eigenvalue weighted by Crippen LogP contribution is 2.33. The zero-order valence-corrected chi connectivity index (χ0v) is 15.2. The number of carbonyl (C=O) groups is 1. The van der Waals surface area contributed by atoms with E-state index in [-0.39, 0.29) is 29.6 Å². The van der Waals surface area contributed by atoms with Crippen LogP contribution in [-0.2, 0) is 4.74 Å². The van der Waals surface area contributed by atoms with Gasteiger partial charge in [-0.1, -0.05) is 20.8 Å². The molecule has 1 atom stereocenters. The minimum atomic E-state index is -0.726. The number of aromatic nitrogens is 1. The molecule has 1 aromatic carbocycles. The first kappa shape index (κ1) is 19.1. The first-order chi connectivity index (χ1) is 11.6. The molecule has 0 aliphatic heterocycles. The minimum Gasteiger partial charge on any atom is -0.462 e. The number of carbonyl (C=O) groups excluding carboxylic acids is 1. The topological polar surface area (TPSA) is 68.5 Å². The van der Waals surface area contributed by atoms with Gasteiger partial charge < -0.3 is 14.4 Å². The summed E-state index contributed by atoms with van der Waals surface area (Å²) < 4.78 is 20.7. The maximum absolute atomic E-state index is 14.1. The molecule has 0 saturated carbocycles. The van der Waals surface area contributed by atoms with Crippen LogP contribution in [0.1, 0.15) is 49.7 Å². The van der Waals surface area contributed by atoms with Gasteiger partial charge in [0.05, 0.1) is 24.8 Å². The van der Waals surface area contributed by atoms with Crippen LogP contribution in [0.3, 0.4) is 0 Å². The molecule has 2 aromatic rings. The molecule has 2 rings (SSSR count). The summed E-state index contributed by atoms with van der Waals surface area (Å²) in [6, 6.07) is 2.25.